The highest BCUT2D eigenvalue weighted by atomic mass is 79.9. The fourth-order valence-corrected chi connectivity index (χ4v) is 4.04. The van der Waals surface area contributed by atoms with Gasteiger partial charge in [0.2, 0.25) is 0 Å². The minimum atomic E-state index is -0.402. The fourth-order valence-electron chi connectivity index (χ4n) is 3.36. The van der Waals surface area contributed by atoms with E-state index in [4.69, 9.17) is 21.1 Å². The number of aromatic amines is 1. The van der Waals surface area contributed by atoms with Crippen molar-refractivity contribution in [2.24, 2.45) is 0 Å². The first-order chi connectivity index (χ1) is 15.5. The van der Waals surface area contributed by atoms with E-state index in [2.05, 4.69) is 31.2 Å². The van der Waals surface area contributed by atoms with E-state index >= 15 is 0 Å². The number of nitrogens with zero attached hydrogens (tertiary/aromatic N) is 1. The molecule has 0 aliphatic heterocycles. The van der Waals surface area contributed by atoms with Gasteiger partial charge in [-0.25, -0.2) is 9.37 Å². The molecule has 4 aromatic rings. The molecular weight excluding hydrogens is 497 g/mol. The van der Waals surface area contributed by atoms with Crippen LogP contribution in [0.1, 0.15) is 17.0 Å². The molecule has 1 heterocycles. The zero-order valence-electron chi connectivity index (χ0n) is 17.4. The predicted molar refractivity (Wildman–Crippen MR) is 128 cm³/mol. The molecule has 4 rings (SSSR count). The lowest BCUT2D eigenvalue weighted by atomic mass is 10.2. The molecule has 0 saturated carbocycles. The lowest BCUT2D eigenvalue weighted by Crippen LogP contribution is -2.17. The zero-order valence-corrected chi connectivity index (χ0v) is 19.8. The van der Waals surface area contributed by atoms with E-state index < -0.39 is 5.82 Å². The smallest absolute Gasteiger partial charge is 0.162 e. The van der Waals surface area contributed by atoms with E-state index in [0.717, 1.165) is 39.9 Å². The van der Waals surface area contributed by atoms with Gasteiger partial charge in [-0.1, -0.05) is 45.7 Å². The van der Waals surface area contributed by atoms with E-state index in [-0.39, 0.29) is 6.61 Å². The maximum Gasteiger partial charge on any atom is 0.162 e. The van der Waals surface area contributed by atoms with Gasteiger partial charge in [0.05, 0.1) is 23.2 Å². The fraction of sp³-hybridized carbons (Fsp3) is 0.208. The molecule has 32 heavy (non-hydrogen) atoms. The maximum absolute atomic E-state index is 14.0. The average Bonchev–Trinajstić information content (AvgIpc) is 3.20. The van der Waals surface area contributed by atoms with Gasteiger partial charge in [-0.2, -0.15) is 0 Å². The topological polar surface area (TPSA) is 59.2 Å². The first-order valence-corrected chi connectivity index (χ1v) is 11.3. The number of rotatable bonds is 9. The van der Waals surface area contributed by atoms with Crippen LogP contribution in [0.25, 0.3) is 11.0 Å². The van der Waals surface area contributed by atoms with Crippen LogP contribution in [0.2, 0.25) is 5.02 Å². The van der Waals surface area contributed by atoms with Crippen LogP contribution in [0.5, 0.6) is 11.5 Å². The van der Waals surface area contributed by atoms with Crippen molar-refractivity contribution in [3.8, 4) is 11.5 Å². The van der Waals surface area contributed by atoms with Gasteiger partial charge in [0.25, 0.3) is 0 Å². The molecule has 1 aromatic heterocycles. The number of methoxy groups -OCH3 is 1. The summed E-state index contributed by atoms with van der Waals surface area (Å²) in [6, 6.07) is 16.3. The first kappa shape index (κ1) is 22.6. The third kappa shape index (κ3) is 5.23. The minimum absolute atomic E-state index is 0.00338. The van der Waals surface area contributed by atoms with Crippen LogP contribution >= 0.6 is 27.5 Å². The van der Waals surface area contributed by atoms with Gasteiger partial charge >= 0.3 is 0 Å². The molecule has 8 heteroatoms. The van der Waals surface area contributed by atoms with Crippen LogP contribution in [0, 0.1) is 5.82 Å². The highest BCUT2D eigenvalue weighted by Crippen LogP contribution is 2.34. The van der Waals surface area contributed by atoms with Crippen LogP contribution in [0.4, 0.5) is 4.39 Å². The summed E-state index contributed by atoms with van der Waals surface area (Å²) in [6.45, 7) is 1.40. The number of hydrogen-bond acceptors (Lipinski definition) is 4. The Balaban J connectivity index is 1.37. The van der Waals surface area contributed by atoms with E-state index in [1.807, 2.05) is 36.4 Å². The standard InChI is InChI=1S/C24H22BrClFN3O2/c1-31-22-11-15(13-28-10-9-24-29-20-7-2-3-8-21(20)30-24)17(25)12-23(22)32-14-16-18(26)5-4-6-19(16)27/h2-8,11-12,28H,9-10,13-14H2,1H3,(H,29,30). The molecular formula is C24H22BrClFN3O2. The van der Waals surface area contributed by atoms with Gasteiger partial charge < -0.3 is 19.8 Å². The van der Waals surface area contributed by atoms with Gasteiger partial charge in [-0.3, -0.25) is 0 Å². The third-order valence-electron chi connectivity index (χ3n) is 5.06. The summed E-state index contributed by atoms with van der Waals surface area (Å²) in [6.07, 6.45) is 0.786. The Hall–Kier alpha value is -2.61. The summed E-state index contributed by atoms with van der Waals surface area (Å²) < 4.78 is 26.2. The van der Waals surface area contributed by atoms with Crippen molar-refractivity contribution in [1.29, 1.82) is 0 Å². The molecule has 0 aliphatic rings. The molecule has 0 amide bonds. The minimum Gasteiger partial charge on any atom is -0.493 e. The number of H-pyrrole nitrogens is 1. The lowest BCUT2D eigenvalue weighted by Gasteiger charge is -2.15. The molecule has 0 fully saturated rings. The zero-order chi connectivity index (χ0) is 22.5. The number of aromatic nitrogens is 2. The molecule has 0 radical (unpaired) electrons. The molecule has 0 spiro atoms. The largest absolute Gasteiger partial charge is 0.493 e. The summed E-state index contributed by atoms with van der Waals surface area (Å²) in [7, 11) is 1.57. The SMILES string of the molecule is COc1cc(CNCCc2nc3ccccc3[nH]2)c(Br)cc1OCc1c(F)cccc1Cl. The quantitative estimate of drug-likeness (QED) is 0.265. The van der Waals surface area contributed by atoms with Crippen molar-refractivity contribution in [3.63, 3.8) is 0 Å². The molecule has 0 unspecified atom stereocenters. The third-order valence-corrected chi connectivity index (χ3v) is 6.15. The highest BCUT2D eigenvalue weighted by Gasteiger charge is 2.13. The number of nitrogens with one attached hydrogen (secondary N) is 2. The van der Waals surface area contributed by atoms with Gasteiger partial charge in [0.1, 0.15) is 18.2 Å². The predicted octanol–water partition coefficient (Wildman–Crippen LogP) is 6.04. The lowest BCUT2D eigenvalue weighted by molar-refractivity contribution is 0.279. The number of fused-ring (bicyclic) bond motifs is 1. The summed E-state index contributed by atoms with van der Waals surface area (Å²) >= 11 is 9.68. The second-order valence-electron chi connectivity index (χ2n) is 7.21. The second kappa shape index (κ2) is 10.3. The molecule has 0 aliphatic carbocycles. The summed E-state index contributed by atoms with van der Waals surface area (Å²) in [4.78, 5) is 7.93. The van der Waals surface area contributed by atoms with E-state index in [1.54, 1.807) is 19.2 Å². The molecule has 0 bridgehead atoms. The van der Waals surface area contributed by atoms with Crippen LogP contribution in [-0.4, -0.2) is 23.6 Å². The molecule has 0 saturated heterocycles. The first-order valence-electron chi connectivity index (χ1n) is 10.1. The van der Waals surface area contributed by atoms with E-state index in [9.17, 15) is 4.39 Å². The Bertz CT molecular complexity index is 1180. The second-order valence-corrected chi connectivity index (χ2v) is 8.47. The number of halogens is 3. The number of benzene rings is 3. The van der Waals surface area contributed by atoms with Crippen molar-refractivity contribution in [2.45, 2.75) is 19.6 Å². The van der Waals surface area contributed by atoms with Gasteiger partial charge in [-0.15, -0.1) is 0 Å². The Morgan fingerprint density at radius 1 is 1.12 bits per heavy atom. The molecule has 166 valence electrons. The van der Waals surface area contributed by atoms with Crippen LogP contribution < -0.4 is 14.8 Å². The van der Waals surface area contributed by atoms with Crippen LogP contribution in [0.15, 0.2) is 59.1 Å². The Labute approximate surface area is 199 Å². The number of hydrogen-bond donors (Lipinski definition) is 2. The number of para-hydroxylation sites is 2. The van der Waals surface area contributed by atoms with Crippen molar-refractivity contribution in [3.05, 3.63) is 86.9 Å². The van der Waals surface area contributed by atoms with Crippen molar-refractivity contribution >= 4 is 38.6 Å². The summed E-state index contributed by atoms with van der Waals surface area (Å²) in [5.74, 6) is 1.62. The normalized spacial score (nSPS) is 11.1. The molecule has 3 aromatic carbocycles. The average molecular weight is 519 g/mol. The van der Waals surface area contributed by atoms with Crippen molar-refractivity contribution in [1.82, 2.24) is 15.3 Å². The monoisotopic (exact) mass is 517 g/mol. The number of ether oxygens (including phenoxy) is 2. The molecule has 5 nitrogen and oxygen atoms in total. The van der Waals surface area contributed by atoms with Gasteiger partial charge in [0, 0.05) is 29.5 Å². The summed E-state index contributed by atoms with van der Waals surface area (Å²) in [5.41, 5.74) is 3.34. The van der Waals surface area contributed by atoms with E-state index in [1.165, 1.54) is 6.07 Å². The van der Waals surface area contributed by atoms with Crippen LogP contribution in [0.3, 0.4) is 0 Å². The van der Waals surface area contributed by atoms with Crippen molar-refractivity contribution < 1.29 is 13.9 Å². The van der Waals surface area contributed by atoms with Gasteiger partial charge in [0.15, 0.2) is 11.5 Å². The number of imidazole rings is 1. The molecule has 2 N–H and O–H groups in total. The maximum atomic E-state index is 14.0. The Morgan fingerprint density at radius 3 is 2.75 bits per heavy atom. The summed E-state index contributed by atoms with van der Waals surface area (Å²) in [5, 5.41) is 3.75. The van der Waals surface area contributed by atoms with Gasteiger partial charge in [-0.05, 0) is 42.0 Å². The van der Waals surface area contributed by atoms with E-state index in [0.29, 0.717) is 28.6 Å². The van der Waals surface area contributed by atoms with Crippen LogP contribution in [-0.2, 0) is 19.6 Å². The Kier molecular flexibility index (Phi) is 7.29. The van der Waals surface area contributed by atoms with Crippen molar-refractivity contribution in [2.75, 3.05) is 13.7 Å². The molecule has 0 atom stereocenters. The Morgan fingerprint density at radius 2 is 1.97 bits per heavy atom. The highest BCUT2D eigenvalue weighted by molar-refractivity contribution is 9.10.